The minimum Gasteiger partial charge on any atom is -0.494 e. The van der Waals surface area contributed by atoms with E-state index in [0.29, 0.717) is 17.9 Å². The fourth-order valence-corrected chi connectivity index (χ4v) is 3.71. The smallest absolute Gasteiger partial charge is 0.343 e. The number of rotatable bonds is 12. The molecule has 3 rings (SSSR count). The van der Waals surface area contributed by atoms with Gasteiger partial charge in [-0.25, -0.2) is 4.79 Å². The normalized spacial score (nSPS) is 10.7. The van der Waals surface area contributed by atoms with Crippen molar-refractivity contribution >= 4 is 5.97 Å². The lowest BCUT2D eigenvalue weighted by atomic mass is 10.0. The van der Waals surface area contributed by atoms with E-state index in [0.717, 1.165) is 23.3 Å². The van der Waals surface area contributed by atoms with Crippen molar-refractivity contribution in [2.45, 2.75) is 58.8 Å². The highest BCUT2D eigenvalue weighted by atomic mass is 16.5. The van der Waals surface area contributed by atoms with Crippen LogP contribution in [0.2, 0.25) is 0 Å². The number of benzene rings is 3. The molecule has 0 unspecified atom stereocenters. The number of unbranched alkanes of at least 4 members (excludes halogenated alkanes) is 5. The second-order valence-electron chi connectivity index (χ2n) is 8.09. The van der Waals surface area contributed by atoms with Crippen LogP contribution in [0.3, 0.4) is 0 Å². The molecule has 3 heteroatoms. The van der Waals surface area contributed by atoms with Gasteiger partial charge in [0.2, 0.25) is 0 Å². The van der Waals surface area contributed by atoms with Crippen molar-refractivity contribution < 1.29 is 14.3 Å². The van der Waals surface area contributed by atoms with Crippen LogP contribution >= 0.6 is 0 Å². The van der Waals surface area contributed by atoms with E-state index < -0.39 is 0 Å². The lowest BCUT2D eigenvalue weighted by molar-refractivity contribution is 0.0734. The second-order valence-corrected chi connectivity index (χ2v) is 8.09. The van der Waals surface area contributed by atoms with Crippen LogP contribution in [0.5, 0.6) is 11.5 Å². The van der Waals surface area contributed by atoms with E-state index >= 15 is 0 Å². The van der Waals surface area contributed by atoms with Crippen LogP contribution < -0.4 is 9.47 Å². The van der Waals surface area contributed by atoms with Gasteiger partial charge in [-0.2, -0.15) is 0 Å². The molecule has 0 fully saturated rings. The first-order chi connectivity index (χ1) is 15.7. The SMILES string of the molecule is CCCCCCCCc1ccc(OC(=O)c2ccc(-c3ccc(OCC)cc3)cc2)cc1. The van der Waals surface area contributed by atoms with E-state index in [1.54, 1.807) is 12.1 Å². The molecular formula is C29H34O3. The maximum Gasteiger partial charge on any atom is 0.343 e. The summed E-state index contributed by atoms with van der Waals surface area (Å²) in [4.78, 5) is 12.5. The fraction of sp³-hybridized carbons (Fsp3) is 0.345. The number of esters is 1. The van der Waals surface area contributed by atoms with E-state index in [2.05, 4.69) is 19.1 Å². The molecule has 0 heterocycles. The molecule has 0 aliphatic carbocycles. The van der Waals surface area contributed by atoms with Gasteiger partial charge >= 0.3 is 5.97 Å². The molecule has 0 bridgehead atoms. The molecule has 3 aromatic rings. The predicted molar refractivity (Wildman–Crippen MR) is 132 cm³/mol. The average Bonchev–Trinajstić information content (AvgIpc) is 2.83. The highest BCUT2D eigenvalue weighted by molar-refractivity contribution is 5.91. The summed E-state index contributed by atoms with van der Waals surface area (Å²) in [5.74, 6) is 1.10. The molecule has 0 N–H and O–H groups in total. The van der Waals surface area contributed by atoms with E-state index in [1.165, 1.54) is 44.1 Å². The van der Waals surface area contributed by atoms with Crippen molar-refractivity contribution in [2.24, 2.45) is 0 Å². The Kier molecular flexibility index (Phi) is 9.37. The number of ether oxygens (including phenoxy) is 2. The molecule has 3 aromatic carbocycles. The topological polar surface area (TPSA) is 35.5 Å². The van der Waals surface area contributed by atoms with Gasteiger partial charge in [-0.3, -0.25) is 0 Å². The lowest BCUT2D eigenvalue weighted by Crippen LogP contribution is -2.08. The quantitative estimate of drug-likeness (QED) is 0.167. The van der Waals surface area contributed by atoms with E-state index in [1.807, 2.05) is 55.5 Å². The van der Waals surface area contributed by atoms with Crippen molar-refractivity contribution in [1.29, 1.82) is 0 Å². The van der Waals surface area contributed by atoms with Gasteiger partial charge < -0.3 is 9.47 Å². The predicted octanol–water partition coefficient (Wildman–Crippen LogP) is 7.87. The highest BCUT2D eigenvalue weighted by Crippen LogP contribution is 2.23. The molecule has 0 aliphatic rings. The molecule has 0 saturated heterocycles. The number of hydrogen-bond donors (Lipinski definition) is 0. The number of carbonyl (C=O) groups is 1. The molecular weight excluding hydrogens is 396 g/mol. The molecule has 0 aromatic heterocycles. The zero-order valence-corrected chi connectivity index (χ0v) is 19.3. The first-order valence-electron chi connectivity index (χ1n) is 11.8. The minimum atomic E-state index is -0.341. The van der Waals surface area contributed by atoms with Gasteiger partial charge in [-0.1, -0.05) is 75.4 Å². The van der Waals surface area contributed by atoms with Crippen LogP contribution in [0.1, 0.15) is 68.3 Å². The van der Waals surface area contributed by atoms with Gasteiger partial charge in [0, 0.05) is 0 Å². The van der Waals surface area contributed by atoms with E-state index in [4.69, 9.17) is 9.47 Å². The largest absolute Gasteiger partial charge is 0.494 e. The van der Waals surface area contributed by atoms with Crippen molar-refractivity contribution in [2.75, 3.05) is 6.61 Å². The summed E-state index contributed by atoms with van der Waals surface area (Å²) < 4.78 is 11.0. The summed E-state index contributed by atoms with van der Waals surface area (Å²) >= 11 is 0. The zero-order valence-electron chi connectivity index (χ0n) is 19.3. The molecule has 0 atom stereocenters. The Bertz CT molecular complexity index is 941. The van der Waals surface area contributed by atoms with Crippen LogP contribution in [-0.4, -0.2) is 12.6 Å². The fourth-order valence-electron chi connectivity index (χ4n) is 3.71. The summed E-state index contributed by atoms with van der Waals surface area (Å²) in [7, 11) is 0. The van der Waals surface area contributed by atoms with Gasteiger partial charge in [-0.15, -0.1) is 0 Å². The number of hydrogen-bond acceptors (Lipinski definition) is 3. The van der Waals surface area contributed by atoms with Crippen molar-refractivity contribution in [3.05, 3.63) is 83.9 Å². The Morgan fingerprint density at radius 2 is 1.22 bits per heavy atom. The third kappa shape index (κ3) is 7.26. The summed E-state index contributed by atoms with van der Waals surface area (Å²) in [6, 6.07) is 23.3. The standard InChI is InChI=1S/C29H34O3/c1-3-5-6-7-8-9-10-23-11-19-28(20-12-23)32-29(30)26-15-13-24(14-16-26)25-17-21-27(22-18-25)31-4-2/h11-22H,3-10H2,1-2H3. The monoisotopic (exact) mass is 430 g/mol. The van der Waals surface area contributed by atoms with Gasteiger partial charge in [0.05, 0.1) is 12.2 Å². The third-order valence-corrected chi connectivity index (χ3v) is 5.57. The highest BCUT2D eigenvalue weighted by Gasteiger charge is 2.09. The van der Waals surface area contributed by atoms with Gasteiger partial charge in [0.25, 0.3) is 0 Å². The van der Waals surface area contributed by atoms with Crippen LogP contribution in [0.25, 0.3) is 11.1 Å². The van der Waals surface area contributed by atoms with Gasteiger partial charge in [0.15, 0.2) is 0 Å². The first kappa shape index (κ1) is 23.6. The Balaban J connectivity index is 1.50. The Hall–Kier alpha value is -3.07. The third-order valence-electron chi connectivity index (χ3n) is 5.57. The first-order valence-corrected chi connectivity index (χ1v) is 11.8. The number of aryl methyl sites for hydroxylation is 1. The maximum atomic E-state index is 12.5. The van der Waals surface area contributed by atoms with E-state index in [-0.39, 0.29) is 5.97 Å². The summed E-state index contributed by atoms with van der Waals surface area (Å²) in [6.45, 7) is 4.86. The molecule has 0 aliphatic heterocycles. The molecule has 32 heavy (non-hydrogen) atoms. The Morgan fingerprint density at radius 1 is 0.656 bits per heavy atom. The van der Waals surface area contributed by atoms with Crippen molar-refractivity contribution in [1.82, 2.24) is 0 Å². The molecule has 0 saturated carbocycles. The minimum absolute atomic E-state index is 0.341. The molecule has 0 amide bonds. The average molecular weight is 431 g/mol. The summed E-state index contributed by atoms with van der Waals surface area (Å²) in [5.41, 5.74) is 3.95. The maximum absolute atomic E-state index is 12.5. The summed E-state index contributed by atoms with van der Waals surface area (Å²) in [5, 5.41) is 0. The van der Waals surface area contributed by atoms with Crippen LogP contribution in [0.15, 0.2) is 72.8 Å². The molecule has 0 spiro atoms. The molecule has 3 nitrogen and oxygen atoms in total. The van der Waals surface area contributed by atoms with Gasteiger partial charge in [-0.05, 0) is 72.9 Å². The van der Waals surface area contributed by atoms with E-state index in [9.17, 15) is 4.79 Å². The second kappa shape index (κ2) is 12.7. The van der Waals surface area contributed by atoms with Crippen molar-refractivity contribution in [3.63, 3.8) is 0 Å². The van der Waals surface area contributed by atoms with Crippen LogP contribution in [-0.2, 0) is 6.42 Å². The number of carbonyl (C=O) groups excluding carboxylic acids is 1. The molecule has 168 valence electrons. The zero-order chi connectivity index (χ0) is 22.6. The molecule has 0 radical (unpaired) electrons. The lowest BCUT2D eigenvalue weighted by Gasteiger charge is -2.08. The van der Waals surface area contributed by atoms with Crippen LogP contribution in [0, 0.1) is 0 Å². The Morgan fingerprint density at radius 3 is 1.84 bits per heavy atom. The van der Waals surface area contributed by atoms with Gasteiger partial charge in [0.1, 0.15) is 11.5 Å². The summed E-state index contributed by atoms with van der Waals surface area (Å²) in [6.07, 6.45) is 8.85. The van der Waals surface area contributed by atoms with Crippen molar-refractivity contribution in [3.8, 4) is 22.6 Å². The Labute approximate surface area is 192 Å². The van der Waals surface area contributed by atoms with Crippen LogP contribution in [0.4, 0.5) is 0 Å².